The first-order valence-corrected chi connectivity index (χ1v) is 6.63. The molecule has 1 amide bonds. The molecule has 0 aromatic carbocycles. The Bertz CT molecular complexity index is 412. The molecule has 0 atom stereocenters. The van der Waals surface area contributed by atoms with Crippen molar-refractivity contribution in [2.45, 2.75) is 32.9 Å². The second-order valence-corrected chi connectivity index (χ2v) is 5.34. The number of anilines is 1. The Morgan fingerprint density at radius 2 is 2.15 bits per heavy atom. The van der Waals surface area contributed by atoms with Crippen LogP contribution in [-0.2, 0) is 16.0 Å². The minimum atomic E-state index is -0.472. The van der Waals surface area contributed by atoms with Crippen molar-refractivity contribution >= 4 is 11.8 Å². The van der Waals surface area contributed by atoms with Crippen LogP contribution in [0, 0.1) is 0 Å². The Morgan fingerprint density at radius 1 is 1.40 bits per heavy atom. The van der Waals surface area contributed by atoms with Crippen molar-refractivity contribution in [1.29, 1.82) is 0 Å². The van der Waals surface area contributed by atoms with Crippen LogP contribution in [-0.4, -0.2) is 48.3 Å². The number of carbonyl (C=O) groups is 1. The van der Waals surface area contributed by atoms with Gasteiger partial charge < -0.3 is 20.1 Å². The molecular formula is C13H24N4O3. The third-order valence-corrected chi connectivity index (χ3v) is 2.28. The van der Waals surface area contributed by atoms with Crippen LogP contribution in [0.15, 0.2) is 12.4 Å². The zero-order valence-corrected chi connectivity index (χ0v) is 12.6. The quantitative estimate of drug-likeness (QED) is 0.741. The molecule has 7 heteroatoms. The maximum absolute atomic E-state index is 11.4. The summed E-state index contributed by atoms with van der Waals surface area (Å²) in [6.07, 6.45) is 3.23. The largest absolute Gasteiger partial charge is 0.444 e. The highest BCUT2D eigenvalue weighted by atomic mass is 16.6. The molecule has 1 heterocycles. The average molecular weight is 284 g/mol. The highest BCUT2D eigenvalue weighted by Gasteiger charge is 2.15. The van der Waals surface area contributed by atoms with Gasteiger partial charge in [-0.25, -0.2) is 4.79 Å². The van der Waals surface area contributed by atoms with E-state index in [2.05, 4.69) is 15.7 Å². The third kappa shape index (κ3) is 6.98. The molecule has 20 heavy (non-hydrogen) atoms. The molecular weight excluding hydrogens is 260 g/mol. The highest BCUT2D eigenvalue weighted by molar-refractivity contribution is 5.67. The molecule has 0 saturated heterocycles. The van der Waals surface area contributed by atoms with Crippen LogP contribution in [0.2, 0.25) is 0 Å². The van der Waals surface area contributed by atoms with E-state index in [1.807, 2.05) is 27.0 Å². The van der Waals surface area contributed by atoms with E-state index in [4.69, 9.17) is 9.47 Å². The lowest BCUT2D eigenvalue weighted by Gasteiger charge is -2.19. The predicted molar refractivity (Wildman–Crippen MR) is 76.8 cm³/mol. The lowest BCUT2D eigenvalue weighted by atomic mass is 10.2. The van der Waals surface area contributed by atoms with Gasteiger partial charge in [-0.3, -0.25) is 4.68 Å². The molecule has 0 aliphatic rings. The Balaban J connectivity index is 2.18. The molecule has 0 aliphatic carbocycles. The van der Waals surface area contributed by atoms with E-state index in [1.165, 1.54) is 0 Å². The molecule has 0 saturated carbocycles. The summed E-state index contributed by atoms with van der Waals surface area (Å²) >= 11 is 0. The van der Waals surface area contributed by atoms with Gasteiger partial charge >= 0.3 is 6.09 Å². The SMILES string of the molecule is COCCn1cc(NCCNC(=O)OC(C)(C)C)cn1. The fourth-order valence-electron chi connectivity index (χ4n) is 1.45. The topological polar surface area (TPSA) is 77.4 Å². The third-order valence-electron chi connectivity index (χ3n) is 2.28. The van der Waals surface area contributed by atoms with Crippen LogP contribution >= 0.6 is 0 Å². The Morgan fingerprint density at radius 3 is 2.80 bits per heavy atom. The van der Waals surface area contributed by atoms with Gasteiger partial charge in [0.05, 0.1) is 25.0 Å². The van der Waals surface area contributed by atoms with Crippen molar-refractivity contribution in [3.63, 3.8) is 0 Å². The molecule has 0 bridgehead atoms. The number of hydrogen-bond acceptors (Lipinski definition) is 5. The van der Waals surface area contributed by atoms with Crippen LogP contribution in [0.4, 0.5) is 10.5 Å². The smallest absolute Gasteiger partial charge is 0.407 e. The Hall–Kier alpha value is -1.76. The lowest BCUT2D eigenvalue weighted by molar-refractivity contribution is 0.0530. The summed E-state index contributed by atoms with van der Waals surface area (Å²) in [5.41, 5.74) is 0.437. The number of ether oxygens (including phenoxy) is 2. The van der Waals surface area contributed by atoms with Gasteiger partial charge in [0.1, 0.15) is 5.60 Å². The summed E-state index contributed by atoms with van der Waals surface area (Å²) in [4.78, 5) is 11.4. The fourth-order valence-corrected chi connectivity index (χ4v) is 1.45. The van der Waals surface area contributed by atoms with E-state index >= 15 is 0 Å². The number of carbonyl (C=O) groups excluding carboxylic acids is 1. The molecule has 114 valence electrons. The molecule has 0 spiro atoms. The first kappa shape index (κ1) is 16.3. The molecule has 1 aromatic heterocycles. The number of nitrogens with zero attached hydrogens (tertiary/aromatic N) is 2. The molecule has 0 radical (unpaired) electrons. The van der Waals surface area contributed by atoms with Crippen LogP contribution in [0.3, 0.4) is 0 Å². The Kier molecular flexibility index (Phi) is 6.30. The second kappa shape index (κ2) is 7.74. The van der Waals surface area contributed by atoms with Crippen molar-refractivity contribution in [2.24, 2.45) is 0 Å². The average Bonchev–Trinajstić information content (AvgIpc) is 2.78. The first-order valence-electron chi connectivity index (χ1n) is 6.63. The second-order valence-electron chi connectivity index (χ2n) is 5.34. The number of rotatable bonds is 7. The normalized spacial score (nSPS) is 11.2. The van der Waals surface area contributed by atoms with Crippen molar-refractivity contribution in [3.8, 4) is 0 Å². The van der Waals surface area contributed by atoms with E-state index in [0.29, 0.717) is 26.2 Å². The minimum Gasteiger partial charge on any atom is -0.444 e. The molecule has 0 unspecified atom stereocenters. The van der Waals surface area contributed by atoms with Gasteiger partial charge in [0.25, 0.3) is 0 Å². The maximum Gasteiger partial charge on any atom is 0.407 e. The lowest BCUT2D eigenvalue weighted by Crippen LogP contribution is -2.34. The predicted octanol–water partition coefficient (Wildman–Crippen LogP) is 1.47. The fraction of sp³-hybridized carbons (Fsp3) is 0.692. The summed E-state index contributed by atoms with van der Waals surface area (Å²) < 4.78 is 11.9. The molecule has 1 rings (SSSR count). The van der Waals surface area contributed by atoms with Gasteiger partial charge in [-0.05, 0) is 20.8 Å². The zero-order chi connectivity index (χ0) is 15.0. The molecule has 7 nitrogen and oxygen atoms in total. The molecule has 2 N–H and O–H groups in total. The highest BCUT2D eigenvalue weighted by Crippen LogP contribution is 2.06. The van der Waals surface area contributed by atoms with Gasteiger partial charge in [0.2, 0.25) is 0 Å². The Labute approximate surface area is 119 Å². The van der Waals surface area contributed by atoms with E-state index in [1.54, 1.807) is 18.0 Å². The number of aromatic nitrogens is 2. The summed E-state index contributed by atoms with van der Waals surface area (Å²) in [6.45, 7) is 7.93. The van der Waals surface area contributed by atoms with Gasteiger partial charge in [0, 0.05) is 26.4 Å². The van der Waals surface area contributed by atoms with Crippen LogP contribution in [0.1, 0.15) is 20.8 Å². The first-order chi connectivity index (χ1) is 9.40. The maximum atomic E-state index is 11.4. The van der Waals surface area contributed by atoms with E-state index in [9.17, 15) is 4.79 Å². The molecule has 0 fully saturated rings. The zero-order valence-electron chi connectivity index (χ0n) is 12.6. The number of methoxy groups -OCH3 is 1. The van der Waals surface area contributed by atoms with Crippen LogP contribution in [0.25, 0.3) is 0 Å². The van der Waals surface area contributed by atoms with E-state index < -0.39 is 11.7 Å². The van der Waals surface area contributed by atoms with Crippen LogP contribution in [0.5, 0.6) is 0 Å². The number of alkyl carbamates (subject to hydrolysis) is 1. The van der Waals surface area contributed by atoms with Gasteiger partial charge in [0.15, 0.2) is 0 Å². The monoisotopic (exact) mass is 284 g/mol. The summed E-state index contributed by atoms with van der Waals surface area (Å²) in [6, 6.07) is 0. The molecule has 0 aliphatic heterocycles. The number of amides is 1. The summed E-state index contributed by atoms with van der Waals surface area (Å²) in [7, 11) is 1.66. The summed E-state index contributed by atoms with van der Waals surface area (Å²) in [5, 5.41) is 10.0. The summed E-state index contributed by atoms with van der Waals surface area (Å²) in [5.74, 6) is 0. The number of nitrogens with one attached hydrogen (secondary N) is 2. The minimum absolute atomic E-state index is 0.407. The van der Waals surface area contributed by atoms with E-state index in [0.717, 1.165) is 5.69 Å². The molecule has 1 aromatic rings. The number of hydrogen-bond donors (Lipinski definition) is 2. The van der Waals surface area contributed by atoms with Crippen molar-refractivity contribution in [3.05, 3.63) is 12.4 Å². The van der Waals surface area contributed by atoms with E-state index in [-0.39, 0.29) is 0 Å². The van der Waals surface area contributed by atoms with Crippen molar-refractivity contribution in [1.82, 2.24) is 15.1 Å². The van der Waals surface area contributed by atoms with Crippen LogP contribution < -0.4 is 10.6 Å². The standard InChI is InChI=1S/C13H24N4O3/c1-13(2,3)20-12(18)15-6-5-14-11-9-16-17(10-11)7-8-19-4/h9-10,14H,5-8H2,1-4H3,(H,15,18). The van der Waals surface area contributed by atoms with Gasteiger partial charge in [-0.2, -0.15) is 5.10 Å². The van der Waals surface area contributed by atoms with Gasteiger partial charge in [-0.15, -0.1) is 0 Å². The van der Waals surface area contributed by atoms with Gasteiger partial charge in [-0.1, -0.05) is 0 Å². The van der Waals surface area contributed by atoms with Crippen molar-refractivity contribution in [2.75, 3.05) is 32.1 Å². The van der Waals surface area contributed by atoms with Crippen molar-refractivity contribution < 1.29 is 14.3 Å².